The molecule has 0 bridgehead atoms. The van der Waals surface area contributed by atoms with E-state index >= 15 is 0 Å². The lowest BCUT2D eigenvalue weighted by Gasteiger charge is -2.09. The van der Waals surface area contributed by atoms with Gasteiger partial charge < -0.3 is 9.84 Å². The number of nitrogens with one attached hydrogen (secondary N) is 2. The van der Waals surface area contributed by atoms with Gasteiger partial charge in [-0.2, -0.15) is 0 Å². The van der Waals surface area contributed by atoms with Crippen LogP contribution in [0.2, 0.25) is 0 Å². The number of benzene rings is 1. The summed E-state index contributed by atoms with van der Waals surface area (Å²) in [7, 11) is 0. The predicted molar refractivity (Wildman–Crippen MR) is 77.4 cm³/mol. The van der Waals surface area contributed by atoms with Gasteiger partial charge in [-0.25, -0.2) is 4.79 Å². The summed E-state index contributed by atoms with van der Waals surface area (Å²) >= 11 is 3.30. The first-order valence-electron chi connectivity index (χ1n) is 5.77. The second kappa shape index (κ2) is 8.05. The van der Waals surface area contributed by atoms with Crippen molar-refractivity contribution in [3.05, 3.63) is 40.4 Å². The molecule has 0 spiro atoms. The van der Waals surface area contributed by atoms with E-state index in [-0.39, 0.29) is 6.61 Å². The highest BCUT2D eigenvalue weighted by atomic mass is 79.9. The van der Waals surface area contributed by atoms with Gasteiger partial charge in [-0.15, -0.1) is 0 Å². The molecular weight excluding hydrogens is 344 g/mol. The fourth-order valence-electron chi connectivity index (χ4n) is 1.22. The molecule has 2 amide bonds. The molecule has 112 valence electrons. The minimum atomic E-state index is -1.26. The number of halogens is 1. The second-order valence-electron chi connectivity index (χ2n) is 3.93. The maximum Gasteiger partial charge on any atom is 0.328 e. The summed E-state index contributed by atoms with van der Waals surface area (Å²) in [5.74, 6) is -2.11. The third kappa shape index (κ3) is 6.57. The number of hydrogen-bond acceptors (Lipinski definition) is 4. The molecule has 21 heavy (non-hydrogen) atoms. The Kier molecular flexibility index (Phi) is 6.41. The molecular formula is C13H13BrN2O5. The number of carbonyl (C=O) groups is 3. The summed E-state index contributed by atoms with van der Waals surface area (Å²) in [6.07, 6.45) is 1.43. The van der Waals surface area contributed by atoms with Crippen LogP contribution in [0.5, 0.6) is 5.75 Å². The molecule has 0 radical (unpaired) electrons. The quantitative estimate of drug-likeness (QED) is 0.537. The van der Waals surface area contributed by atoms with E-state index in [0.29, 0.717) is 16.3 Å². The predicted octanol–water partition coefficient (Wildman–Crippen LogP) is 0.925. The Morgan fingerprint density at radius 3 is 2.62 bits per heavy atom. The van der Waals surface area contributed by atoms with E-state index in [0.717, 1.165) is 11.6 Å². The summed E-state index contributed by atoms with van der Waals surface area (Å²) in [5, 5.41) is 8.32. The number of ether oxygens (including phenoxy) is 1. The lowest BCUT2D eigenvalue weighted by Crippen LogP contribution is -2.43. The van der Waals surface area contributed by atoms with Crippen LogP contribution in [0.3, 0.4) is 0 Å². The van der Waals surface area contributed by atoms with E-state index in [1.54, 1.807) is 6.07 Å². The van der Waals surface area contributed by atoms with Crippen molar-refractivity contribution in [3.63, 3.8) is 0 Å². The van der Waals surface area contributed by atoms with Gasteiger partial charge in [-0.05, 0) is 40.5 Å². The Balaban J connectivity index is 2.37. The van der Waals surface area contributed by atoms with Gasteiger partial charge in [0.1, 0.15) is 5.75 Å². The van der Waals surface area contributed by atoms with Crippen LogP contribution in [0.4, 0.5) is 0 Å². The van der Waals surface area contributed by atoms with Crippen molar-refractivity contribution < 1.29 is 24.2 Å². The normalized spacial score (nSPS) is 10.2. The van der Waals surface area contributed by atoms with Gasteiger partial charge in [-0.1, -0.05) is 6.07 Å². The van der Waals surface area contributed by atoms with E-state index in [2.05, 4.69) is 21.4 Å². The van der Waals surface area contributed by atoms with Crippen LogP contribution in [-0.4, -0.2) is 29.5 Å². The lowest BCUT2D eigenvalue weighted by atomic mass is 10.2. The first-order chi connectivity index (χ1) is 9.88. The fraction of sp³-hybridized carbons (Fsp3) is 0.154. The Morgan fingerprint density at radius 1 is 1.29 bits per heavy atom. The zero-order chi connectivity index (χ0) is 15.8. The number of hydrogen-bond donors (Lipinski definition) is 3. The van der Waals surface area contributed by atoms with Crippen molar-refractivity contribution in [2.45, 2.75) is 6.92 Å². The van der Waals surface area contributed by atoms with E-state index in [4.69, 9.17) is 9.84 Å². The molecule has 0 saturated heterocycles. The van der Waals surface area contributed by atoms with Gasteiger partial charge in [-0.3, -0.25) is 20.4 Å². The molecule has 1 aromatic carbocycles. The van der Waals surface area contributed by atoms with Gasteiger partial charge >= 0.3 is 5.97 Å². The highest BCUT2D eigenvalue weighted by molar-refractivity contribution is 9.10. The van der Waals surface area contributed by atoms with Crippen molar-refractivity contribution in [2.24, 2.45) is 0 Å². The molecule has 0 aliphatic rings. The van der Waals surface area contributed by atoms with E-state index in [1.165, 1.54) is 0 Å². The van der Waals surface area contributed by atoms with Crippen LogP contribution in [0.25, 0.3) is 0 Å². The molecule has 0 unspecified atom stereocenters. The molecule has 0 aliphatic heterocycles. The highest BCUT2D eigenvalue weighted by Gasteiger charge is 2.06. The molecule has 0 atom stereocenters. The van der Waals surface area contributed by atoms with Crippen LogP contribution in [0.1, 0.15) is 5.56 Å². The van der Waals surface area contributed by atoms with Gasteiger partial charge in [0.15, 0.2) is 6.61 Å². The van der Waals surface area contributed by atoms with Crippen LogP contribution >= 0.6 is 15.9 Å². The summed E-state index contributed by atoms with van der Waals surface area (Å²) < 4.78 is 5.97. The third-order valence-corrected chi connectivity index (χ3v) is 2.77. The van der Waals surface area contributed by atoms with Crippen LogP contribution < -0.4 is 15.6 Å². The number of aliphatic carboxylic acids is 1. The van der Waals surface area contributed by atoms with Crippen LogP contribution in [0.15, 0.2) is 34.8 Å². The van der Waals surface area contributed by atoms with Crippen molar-refractivity contribution >= 4 is 33.7 Å². The minimum Gasteiger partial charge on any atom is -0.483 e. The number of hydrazine groups is 1. The number of rotatable bonds is 5. The summed E-state index contributed by atoms with van der Waals surface area (Å²) in [6.45, 7) is 1.62. The van der Waals surface area contributed by atoms with Gasteiger partial charge in [0, 0.05) is 12.2 Å². The largest absolute Gasteiger partial charge is 0.483 e. The number of amides is 2. The van der Waals surface area contributed by atoms with Crippen molar-refractivity contribution in [2.75, 3.05) is 6.61 Å². The maximum absolute atomic E-state index is 11.4. The SMILES string of the molecule is Cc1ccc(OCC(=O)NNC(=O)/C=C/C(=O)O)c(Br)c1. The Hall–Kier alpha value is -2.35. The van der Waals surface area contributed by atoms with E-state index in [9.17, 15) is 14.4 Å². The number of carboxylic acids is 1. The molecule has 0 fully saturated rings. The Bertz CT molecular complexity index is 586. The molecule has 0 saturated carbocycles. The first-order valence-corrected chi connectivity index (χ1v) is 6.56. The second-order valence-corrected chi connectivity index (χ2v) is 4.79. The van der Waals surface area contributed by atoms with Crippen molar-refractivity contribution in [1.29, 1.82) is 0 Å². The topological polar surface area (TPSA) is 105 Å². The molecule has 8 heteroatoms. The molecule has 7 nitrogen and oxygen atoms in total. The zero-order valence-corrected chi connectivity index (χ0v) is 12.6. The van der Waals surface area contributed by atoms with Gasteiger partial charge in [0.2, 0.25) is 0 Å². The highest BCUT2D eigenvalue weighted by Crippen LogP contribution is 2.25. The molecule has 1 rings (SSSR count). The van der Waals surface area contributed by atoms with Gasteiger partial charge in [0.05, 0.1) is 4.47 Å². The first kappa shape index (κ1) is 16.7. The molecule has 0 aromatic heterocycles. The Morgan fingerprint density at radius 2 is 2.00 bits per heavy atom. The average molecular weight is 357 g/mol. The summed E-state index contributed by atoms with van der Waals surface area (Å²) in [5.41, 5.74) is 5.14. The van der Waals surface area contributed by atoms with E-state index in [1.807, 2.05) is 24.5 Å². The number of carbonyl (C=O) groups excluding carboxylic acids is 2. The smallest absolute Gasteiger partial charge is 0.328 e. The third-order valence-electron chi connectivity index (χ3n) is 2.15. The molecule has 0 aliphatic carbocycles. The standard InChI is InChI=1S/C13H13BrN2O5/c1-8-2-3-10(9(14)6-8)21-7-12(18)16-15-11(17)4-5-13(19)20/h2-6H,7H2,1H3,(H,15,17)(H,16,18)(H,19,20)/b5-4+. The monoisotopic (exact) mass is 356 g/mol. The summed E-state index contributed by atoms with van der Waals surface area (Å²) in [6, 6.07) is 5.38. The van der Waals surface area contributed by atoms with Crippen molar-refractivity contribution in [1.82, 2.24) is 10.9 Å². The summed E-state index contributed by atoms with van der Waals surface area (Å²) in [4.78, 5) is 32.7. The average Bonchev–Trinajstić information content (AvgIpc) is 2.41. The van der Waals surface area contributed by atoms with Crippen LogP contribution in [0, 0.1) is 6.92 Å². The van der Waals surface area contributed by atoms with Gasteiger partial charge in [0.25, 0.3) is 11.8 Å². The zero-order valence-electron chi connectivity index (χ0n) is 11.1. The minimum absolute atomic E-state index is 0.301. The molecule has 0 heterocycles. The Labute approximate surface area is 129 Å². The number of aryl methyl sites for hydroxylation is 1. The molecule has 1 aromatic rings. The van der Waals surface area contributed by atoms with Crippen molar-refractivity contribution in [3.8, 4) is 5.75 Å². The maximum atomic E-state index is 11.4. The fourth-order valence-corrected chi connectivity index (χ4v) is 1.83. The molecule has 3 N–H and O–H groups in total. The number of carboxylic acid groups (broad SMARTS) is 1. The lowest BCUT2D eigenvalue weighted by molar-refractivity contribution is -0.131. The van der Waals surface area contributed by atoms with Crippen LogP contribution in [-0.2, 0) is 14.4 Å². The van der Waals surface area contributed by atoms with E-state index < -0.39 is 17.8 Å².